The Labute approximate surface area is 235 Å². The molecule has 0 atom stereocenters. The summed E-state index contributed by atoms with van der Waals surface area (Å²) in [5.74, 6) is -0.713. The summed E-state index contributed by atoms with van der Waals surface area (Å²) >= 11 is 0. The van der Waals surface area contributed by atoms with Gasteiger partial charge in [0.2, 0.25) is 0 Å². The number of benzene rings is 5. The van der Waals surface area contributed by atoms with Crippen molar-refractivity contribution in [2.75, 3.05) is 7.05 Å². The van der Waals surface area contributed by atoms with E-state index < -0.39 is 7.26 Å². The molecule has 2 N–H and O–H groups in total. The van der Waals surface area contributed by atoms with E-state index in [4.69, 9.17) is 0 Å². The molecule has 0 bridgehead atoms. The second-order valence-electron chi connectivity index (χ2n) is 9.17. The van der Waals surface area contributed by atoms with Crippen LogP contribution in [-0.2, 0) is 4.79 Å². The fraction of sp³-hybridized carbons (Fsp3) is 0.0286. The van der Waals surface area contributed by atoms with Crippen LogP contribution in [0.4, 0.5) is 0 Å². The molecule has 0 aromatic heterocycles. The van der Waals surface area contributed by atoms with Gasteiger partial charge in [-0.05, 0) is 48.5 Å². The molecular weight excluding hydrogens is 511 g/mol. The van der Waals surface area contributed by atoms with Crippen molar-refractivity contribution >= 4 is 40.3 Å². The van der Waals surface area contributed by atoms with Gasteiger partial charge in [0.05, 0.1) is 0 Å². The molecule has 4 nitrogen and oxygen atoms in total. The summed E-state index contributed by atoms with van der Waals surface area (Å²) in [5.41, 5.74) is 1.56. The molecule has 0 saturated carbocycles. The Balaban J connectivity index is 1.96. The Kier molecular flexibility index (Phi) is 8.29. The molecule has 0 unspecified atom stereocenters. The van der Waals surface area contributed by atoms with Gasteiger partial charge in [-0.2, -0.15) is 0 Å². The monoisotopic (exact) mass is 541 g/mol. The van der Waals surface area contributed by atoms with Gasteiger partial charge < -0.3 is 10.6 Å². The van der Waals surface area contributed by atoms with Crippen LogP contribution in [-0.4, -0.2) is 18.9 Å². The Morgan fingerprint density at radius 1 is 0.500 bits per heavy atom. The van der Waals surface area contributed by atoms with Crippen molar-refractivity contribution in [3.8, 4) is 0 Å². The zero-order valence-corrected chi connectivity index (χ0v) is 23.1. The maximum atomic E-state index is 13.9. The first kappa shape index (κ1) is 26.8. The zero-order valence-electron chi connectivity index (χ0n) is 22.2. The van der Waals surface area contributed by atoms with Crippen LogP contribution in [0.15, 0.2) is 157 Å². The lowest BCUT2D eigenvalue weighted by molar-refractivity contribution is -0.117. The first-order valence-corrected chi connectivity index (χ1v) is 14.9. The molecule has 0 aliphatic rings. The second-order valence-corrected chi connectivity index (χ2v) is 12.5. The standard InChI is InChI=1S/C35H29N2O2P/c1-36-35(39)32(37-34(38)28-19-9-3-10-20-28)33(27-17-7-2-8-18-27)40(29-21-11-4-12-22-29,30-23-13-5-14-24-30)31-25-15-6-16-26-31/h2-26H,1H3,(H-,36,37,38,39)/p+1. The molecule has 0 radical (unpaired) electrons. The predicted octanol–water partition coefficient (Wildman–Crippen LogP) is 5.53. The summed E-state index contributed by atoms with van der Waals surface area (Å²) in [6, 6.07) is 49.8. The fourth-order valence-corrected chi connectivity index (χ4v) is 9.57. The summed E-state index contributed by atoms with van der Waals surface area (Å²) in [5, 5.41) is 9.85. The molecule has 5 aromatic rings. The van der Waals surface area contributed by atoms with Crippen LogP contribution in [0.3, 0.4) is 0 Å². The van der Waals surface area contributed by atoms with Crippen LogP contribution in [0.2, 0.25) is 0 Å². The van der Waals surface area contributed by atoms with Crippen LogP contribution in [0, 0.1) is 0 Å². The topological polar surface area (TPSA) is 58.2 Å². The van der Waals surface area contributed by atoms with E-state index in [1.807, 2.05) is 103 Å². The summed E-state index contributed by atoms with van der Waals surface area (Å²) < 4.78 is 0. The minimum absolute atomic E-state index is 0.229. The molecule has 196 valence electrons. The number of hydrogen-bond acceptors (Lipinski definition) is 2. The lowest BCUT2D eigenvalue weighted by Crippen LogP contribution is -2.38. The molecule has 2 amide bonds. The van der Waals surface area contributed by atoms with Crippen molar-refractivity contribution in [3.05, 3.63) is 168 Å². The van der Waals surface area contributed by atoms with Crippen LogP contribution < -0.4 is 26.5 Å². The van der Waals surface area contributed by atoms with Crippen molar-refractivity contribution in [3.63, 3.8) is 0 Å². The normalized spacial score (nSPS) is 11.7. The maximum Gasteiger partial charge on any atom is 0.271 e. The Morgan fingerprint density at radius 2 is 0.850 bits per heavy atom. The lowest BCUT2D eigenvalue weighted by atomic mass is 10.1. The quantitative estimate of drug-likeness (QED) is 0.201. The van der Waals surface area contributed by atoms with Gasteiger partial charge in [0.15, 0.2) is 5.70 Å². The van der Waals surface area contributed by atoms with Crippen molar-refractivity contribution < 1.29 is 9.59 Å². The van der Waals surface area contributed by atoms with Gasteiger partial charge in [-0.25, -0.2) is 0 Å². The average Bonchev–Trinajstić information content (AvgIpc) is 3.04. The van der Waals surface area contributed by atoms with Crippen molar-refractivity contribution in [2.45, 2.75) is 0 Å². The van der Waals surface area contributed by atoms with Crippen LogP contribution in [0.5, 0.6) is 0 Å². The van der Waals surface area contributed by atoms with Gasteiger partial charge in [-0.3, -0.25) is 9.59 Å². The van der Waals surface area contributed by atoms with Crippen LogP contribution >= 0.6 is 7.26 Å². The van der Waals surface area contributed by atoms with Gasteiger partial charge in [0.25, 0.3) is 11.8 Å². The highest BCUT2D eigenvalue weighted by molar-refractivity contribution is 8.03. The minimum Gasteiger partial charge on any atom is -0.354 e. The van der Waals surface area contributed by atoms with E-state index in [2.05, 4.69) is 47.0 Å². The third-order valence-electron chi connectivity index (χ3n) is 6.78. The van der Waals surface area contributed by atoms with E-state index in [9.17, 15) is 9.59 Å². The third-order valence-corrected chi connectivity index (χ3v) is 11.1. The van der Waals surface area contributed by atoms with E-state index in [0.29, 0.717) is 5.56 Å². The van der Waals surface area contributed by atoms with Gasteiger partial charge in [-0.1, -0.05) is 103 Å². The van der Waals surface area contributed by atoms with Gasteiger partial charge in [-0.15, -0.1) is 0 Å². The molecule has 40 heavy (non-hydrogen) atoms. The highest BCUT2D eigenvalue weighted by atomic mass is 31.2. The van der Waals surface area contributed by atoms with E-state index in [1.54, 1.807) is 19.2 Å². The Bertz CT molecular complexity index is 1510. The summed E-state index contributed by atoms with van der Waals surface area (Å²) in [6.45, 7) is 0. The zero-order chi connectivity index (χ0) is 27.8. The molecular formula is C35H30N2O2P+. The number of hydrogen-bond donors (Lipinski definition) is 2. The molecule has 5 aromatic carbocycles. The fourth-order valence-electron chi connectivity index (χ4n) is 5.01. The summed E-state index contributed by atoms with van der Waals surface area (Å²) in [4.78, 5) is 27.5. The van der Waals surface area contributed by atoms with E-state index >= 15 is 0 Å². The smallest absolute Gasteiger partial charge is 0.271 e. The Hall–Kier alpha value is -4.79. The number of nitrogens with one attached hydrogen (secondary N) is 2. The molecule has 0 aliphatic heterocycles. The average molecular weight is 542 g/mol. The van der Waals surface area contributed by atoms with E-state index in [0.717, 1.165) is 26.8 Å². The SMILES string of the molecule is CNC(=O)C(NC(=O)c1ccccc1)=C(c1ccccc1)[P+](c1ccccc1)(c1ccccc1)c1ccccc1. The van der Waals surface area contributed by atoms with Gasteiger partial charge in [0.1, 0.15) is 28.5 Å². The third kappa shape index (κ3) is 5.22. The first-order chi connectivity index (χ1) is 19.7. The predicted molar refractivity (Wildman–Crippen MR) is 166 cm³/mol. The minimum atomic E-state index is -2.75. The number of likely N-dealkylation sites (N-methyl/N-ethyl adjacent to an activating group) is 1. The van der Waals surface area contributed by atoms with Crippen molar-refractivity contribution in [1.82, 2.24) is 10.6 Å². The number of rotatable bonds is 8. The van der Waals surface area contributed by atoms with Gasteiger partial charge >= 0.3 is 0 Å². The molecule has 0 spiro atoms. The van der Waals surface area contributed by atoms with E-state index in [-0.39, 0.29) is 17.5 Å². The molecule has 0 saturated heterocycles. The Morgan fingerprint density at radius 3 is 1.23 bits per heavy atom. The van der Waals surface area contributed by atoms with Crippen LogP contribution in [0.1, 0.15) is 15.9 Å². The van der Waals surface area contributed by atoms with Crippen molar-refractivity contribution in [2.24, 2.45) is 0 Å². The molecule has 5 heteroatoms. The second kappa shape index (κ2) is 12.4. The number of carbonyl (C=O) groups excluding carboxylic acids is 2. The first-order valence-electron chi connectivity index (χ1n) is 13.1. The molecule has 0 heterocycles. The number of carbonyl (C=O) groups is 2. The molecule has 0 aliphatic carbocycles. The molecule has 0 fully saturated rings. The van der Waals surface area contributed by atoms with Crippen molar-refractivity contribution in [1.29, 1.82) is 0 Å². The van der Waals surface area contributed by atoms with Gasteiger partial charge in [0, 0.05) is 18.2 Å². The lowest BCUT2D eigenvalue weighted by Gasteiger charge is -2.31. The largest absolute Gasteiger partial charge is 0.354 e. The summed E-state index contributed by atoms with van der Waals surface area (Å²) in [7, 11) is -1.16. The van der Waals surface area contributed by atoms with Crippen LogP contribution in [0.25, 0.3) is 5.31 Å². The highest BCUT2D eigenvalue weighted by Crippen LogP contribution is 2.67. The summed E-state index contributed by atoms with van der Waals surface area (Å²) in [6.07, 6.45) is 0. The van der Waals surface area contributed by atoms with E-state index in [1.165, 1.54) is 0 Å². The maximum absolute atomic E-state index is 13.9. The number of amides is 2. The molecule has 5 rings (SSSR count). The highest BCUT2D eigenvalue weighted by Gasteiger charge is 2.52.